The van der Waals surface area contributed by atoms with Crippen LogP contribution in [-0.4, -0.2) is 6.36 Å². The van der Waals surface area contributed by atoms with E-state index in [0.29, 0.717) is 12.0 Å². The molecule has 3 rings (SSSR count). The van der Waals surface area contributed by atoms with Crippen molar-refractivity contribution in [3.63, 3.8) is 0 Å². The van der Waals surface area contributed by atoms with E-state index in [2.05, 4.69) is 11.7 Å². The van der Waals surface area contributed by atoms with Crippen molar-refractivity contribution >= 4 is 0 Å². The van der Waals surface area contributed by atoms with Crippen LogP contribution in [0.2, 0.25) is 0 Å². The first kappa shape index (κ1) is 22.6. The molecule has 0 heterocycles. The second-order valence-corrected chi connectivity index (χ2v) is 8.16. The summed E-state index contributed by atoms with van der Waals surface area (Å²) in [7, 11) is 0. The van der Waals surface area contributed by atoms with Crippen LogP contribution in [-0.2, 0) is 12.8 Å². The van der Waals surface area contributed by atoms with Crippen molar-refractivity contribution in [2.75, 3.05) is 0 Å². The van der Waals surface area contributed by atoms with E-state index in [1.165, 1.54) is 49.2 Å². The summed E-state index contributed by atoms with van der Waals surface area (Å²) in [5.41, 5.74) is 1.44. The van der Waals surface area contributed by atoms with Gasteiger partial charge in [-0.1, -0.05) is 31.9 Å². The van der Waals surface area contributed by atoms with Crippen LogP contribution in [0, 0.1) is 17.6 Å². The van der Waals surface area contributed by atoms with E-state index in [-0.39, 0.29) is 23.7 Å². The van der Waals surface area contributed by atoms with Gasteiger partial charge in [-0.2, -0.15) is 0 Å². The van der Waals surface area contributed by atoms with E-state index in [1.807, 2.05) is 0 Å². The SMILES string of the molecule is CCCC1CCC(c2cc(F)c(CCc3ccc(OC(F)(F)F)cc3)c(F)c2)CC1. The van der Waals surface area contributed by atoms with Gasteiger partial charge in [0.15, 0.2) is 0 Å². The molecule has 1 nitrogen and oxygen atoms in total. The molecule has 0 spiro atoms. The second-order valence-electron chi connectivity index (χ2n) is 8.16. The zero-order valence-electron chi connectivity index (χ0n) is 17.1. The Kier molecular flexibility index (Phi) is 7.37. The minimum atomic E-state index is -4.75. The fourth-order valence-electron chi connectivity index (χ4n) is 4.42. The Hall–Kier alpha value is -2.11. The fraction of sp³-hybridized carbons (Fsp3) is 0.500. The molecule has 2 aromatic rings. The highest BCUT2D eigenvalue weighted by Crippen LogP contribution is 2.38. The molecule has 0 saturated heterocycles. The summed E-state index contributed by atoms with van der Waals surface area (Å²) in [5.74, 6) is -0.470. The third-order valence-electron chi connectivity index (χ3n) is 6.00. The molecule has 1 aliphatic carbocycles. The van der Waals surface area contributed by atoms with Gasteiger partial charge < -0.3 is 4.74 Å². The van der Waals surface area contributed by atoms with Gasteiger partial charge in [-0.25, -0.2) is 8.78 Å². The van der Waals surface area contributed by atoms with Gasteiger partial charge in [-0.15, -0.1) is 13.2 Å². The van der Waals surface area contributed by atoms with Gasteiger partial charge in [-0.3, -0.25) is 0 Å². The Morgan fingerprint density at radius 1 is 0.900 bits per heavy atom. The predicted octanol–water partition coefficient (Wildman–Crippen LogP) is 7.72. The van der Waals surface area contributed by atoms with E-state index in [4.69, 9.17) is 0 Å². The molecule has 0 bridgehead atoms. The lowest BCUT2D eigenvalue weighted by molar-refractivity contribution is -0.274. The van der Waals surface area contributed by atoms with Gasteiger partial charge in [0.25, 0.3) is 0 Å². The summed E-state index contributed by atoms with van der Waals surface area (Å²) in [6, 6.07) is 8.27. The summed E-state index contributed by atoms with van der Waals surface area (Å²) in [6.45, 7) is 2.18. The van der Waals surface area contributed by atoms with E-state index in [0.717, 1.165) is 37.2 Å². The molecule has 0 aliphatic heterocycles. The molecule has 0 amide bonds. The molecule has 1 aliphatic rings. The molecule has 164 valence electrons. The number of hydrogen-bond donors (Lipinski definition) is 0. The molecule has 1 saturated carbocycles. The Morgan fingerprint density at radius 3 is 2.03 bits per heavy atom. The fourth-order valence-corrected chi connectivity index (χ4v) is 4.42. The maximum absolute atomic E-state index is 14.6. The van der Waals surface area contributed by atoms with Crippen molar-refractivity contribution in [2.24, 2.45) is 5.92 Å². The lowest BCUT2D eigenvalue weighted by Gasteiger charge is -2.29. The van der Waals surface area contributed by atoms with Crippen LogP contribution in [0.5, 0.6) is 5.75 Å². The van der Waals surface area contributed by atoms with Gasteiger partial charge in [0.05, 0.1) is 0 Å². The molecular formula is C24H27F5O. The number of aryl methyl sites for hydroxylation is 1. The normalized spacial score (nSPS) is 19.7. The third kappa shape index (κ3) is 6.19. The van der Waals surface area contributed by atoms with Crippen molar-refractivity contribution in [1.82, 2.24) is 0 Å². The molecular weight excluding hydrogens is 399 g/mol. The van der Waals surface area contributed by atoms with E-state index >= 15 is 0 Å². The van der Waals surface area contributed by atoms with Gasteiger partial charge in [-0.05, 0) is 85.8 Å². The molecule has 0 N–H and O–H groups in total. The van der Waals surface area contributed by atoms with Crippen LogP contribution in [0.1, 0.15) is 68.1 Å². The van der Waals surface area contributed by atoms with Crippen molar-refractivity contribution < 1.29 is 26.7 Å². The summed E-state index contributed by atoms with van der Waals surface area (Å²) in [6.07, 6.45) is 2.26. The highest BCUT2D eigenvalue weighted by molar-refractivity contribution is 5.31. The quantitative estimate of drug-likeness (QED) is 0.412. The van der Waals surface area contributed by atoms with Crippen molar-refractivity contribution in [3.8, 4) is 5.75 Å². The summed E-state index contributed by atoms with van der Waals surface area (Å²) in [5, 5.41) is 0. The van der Waals surface area contributed by atoms with Crippen LogP contribution in [0.25, 0.3) is 0 Å². The Bertz CT molecular complexity index is 797. The van der Waals surface area contributed by atoms with Gasteiger partial charge in [0, 0.05) is 5.56 Å². The first-order chi connectivity index (χ1) is 14.2. The smallest absolute Gasteiger partial charge is 0.406 e. The average Bonchev–Trinajstić information content (AvgIpc) is 2.68. The number of hydrogen-bond acceptors (Lipinski definition) is 1. The van der Waals surface area contributed by atoms with Gasteiger partial charge in [0.1, 0.15) is 17.4 Å². The Morgan fingerprint density at radius 2 is 1.50 bits per heavy atom. The lowest BCUT2D eigenvalue weighted by atomic mass is 9.77. The average molecular weight is 426 g/mol. The first-order valence-corrected chi connectivity index (χ1v) is 10.6. The second kappa shape index (κ2) is 9.80. The number of halogens is 5. The minimum absolute atomic E-state index is 0.0223. The molecule has 0 unspecified atom stereocenters. The van der Waals surface area contributed by atoms with E-state index in [9.17, 15) is 22.0 Å². The molecule has 6 heteroatoms. The number of rotatable bonds is 7. The van der Waals surface area contributed by atoms with Crippen molar-refractivity contribution in [2.45, 2.75) is 70.6 Å². The first-order valence-electron chi connectivity index (χ1n) is 10.6. The largest absolute Gasteiger partial charge is 0.573 e. The number of ether oxygens (including phenoxy) is 1. The summed E-state index contributed by atoms with van der Waals surface area (Å²) < 4.78 is 69.7. The summed E-state index contributed by atoms with van der Waals surface area (Å²) in [4.78, 5) is 0. The predicted molar refractivity (Wildman–Crippen MR) is 106 cm³/mol. The van der Waals surface area contributed by atoms with Crippen LogP contribution >= 0.6 is 0 Å². The van der Waals surface area contributed by atoms with Gasteiger partial charge >= 0.3 is 6.36 Å². The zero-order chi connectivity index (χ0) is 21.7. The summed E-state index contributed by atoms with van der Waals surface area (Å²) >= 11 is 0. The number of alkyl halides is 3. The zero-order valence-corrected chi connectivity index (χ0v) is 17.1. The van der Waals surface area contributed by atoms with E-state index in [1.54, 1.807) is 0 Å². The lowest BCUT2D eigenvalue weighted by Crippen LogP contribution is -2.17. The Balaban J connectivity index is 1.61. The Labute approximate surface area is 174 Å². The molecule has 0 atom stereocenters. The molecule has 0 radical (unpaired) electrons. The molecule has 0 aromatic heterocycles. The topological polar surface area (TPSA) is 9.23 Å². The van der Waals surface area contributed by atoms with Crippen LogP contribution in [0.15, 0.2) is 36.4 Å². The standard InChI is InChI=1S/C24H27F5O/c1-2-3-16-4-9-18(10-5-16)19-14-22(25)21(23(26)15-19)13-8-17-6-11-20(12-7-17)30-24(27,28)29/h6-7,11-12,14-16,18H,2-5,8-10,13H2,1H3. The van der Waals surface area contributed by atoms with Crippen molar-refractivity contribution in [3.05, 3.63) is 64.7 Å². The van der Waals surface area contributed by atoms with Gasteiger partial charge in [0.2, 0.25) is 0 Å². The highest BCUT2D eigenvalue weighted by Gasteiger charge is 2.31. The van der Waals surface area contributed by atoms with Crippen LogP contribution in [0.4, 0.5) is 22.0 Å². The molecule has 30 heavy (non-hydrogen) atoms. The molecule has 1 fully saturated rings. The third-order valence-corrected chi connectivity index (χ3v) is 6.00. The van der Waals surface area contributed by atoms with Crippen molar-refractivity contribution in [1.29, 1.82) is 0 Å². The van der Waals surface area contributed by atoms with Crippen LogP contribution in [0.3, 0.4) is 0 Å². The highest BCUT2D eigenvalue weighted by atomic mass is 19.4. The maximum Gasteiger partial charge on any atom is 0.573 e. The monoisotopic (exact) mass is 426 g/mol. The molecule has 2 aromatic carbocycles. The maximum atomic E-state index is 14.6. The van der Waals surface area contributed by atoms with E-state index < -0.39 is 18.0 Å². The van der Waals surface area contributed by atoms with Crippen LogP contribution < -0.4 is 4.74 Å². The number of benzene rings is 2. The minimum Gasteiger partial charge on any atom is -0.406 e.